The molecular formula is C15H12FNO. The Morgan fingerprint density at radius 1 is 1.06 bits per heavy atom. The summed E-state index contributed by atoms with van der Waals surface area (Å²) in [5.74, 6) is 0.330. The SMILES string of the molecule is NCc1ccc(-c2cc3cccc(F)c3o2)cc1. The third-order valence-corrected chi connectivity index (χ3v) is 2.97. The van der Waals surface area contributed by atoms with Crippen molar-refractivity contribution >= 4 is 11.0 Å². The van der Waals surface area contributed by atoms with Gasteiger partial charge in [0.25, 0.3) is 0 Å². The van der Waals surface area contributed by atoms with Crippen LogP contribution in [0.4, 0.5) is 4.39 Å². The molecule has 2 N–H and O–H groups in total. The van der Waals surface area contributed by atoms with E-state index in [1.54, 1.807) is 6.07 Å². The van der Waals surface area contributed by atoms with Gasteiger partial charge in [0.05, 0.1) is 0 Å². The highest BCUT2D eigenvalue weighted by Gasteiger charge is 2.09. The molecule has 18 heavy (non-hydrogen) atoms. The molecule has 1 aromatic heterocycles. The molecule has 0 bridgehead atoms. The number of hydrogen-bond donors (Lipinski definition) is 1. The van der Waals surface area contributed by atoms with Crippen molar-refractivity contribution in [3.8, 4) is 11.3 Å². The first kappa shape index (κ1) is 11.0. The third-order valence-electron chi connectivity index (χ3n) is 2.97. The maximum atomic E-state index is 13.5. The number of fused-ring (bicyclic) bond motifs is 1. The van der Waals surface area contributed by atoms with Crippen molar-refractivity contribution in [2.75, 3.05) is 0 Å². The van der Waals surface area contributed by atoms with Crippen LogP contribution < -0.4 is 5.73 Å². The van der Waals surface area contributed by atoms with Crippen LogP contribution in [0.5, 0.6) is 0 Å². The molecule has 1 heterocycles. The van der Waals surface area contributed by atoms with Crippen molar-refractivity contribution in [2.24, 2.45) is 5.73 Å². The summed E-state index contributed by atoms with van der Waals surface area (Å²) in [6.07, 6.45) is 0. The van der Waals surface area contributed by atoms with Crippen molar-refractivity contribution in [3.05, 3.63) is 59.9 Å². The molecule has 0 saturated carbocycles. The van der Waals surface area contributed by atoms with Crippen molar-refractivity contribution in [2.45, 2.75) is 6.54 Å². The van der Waals surface area contributed by atoms with Crippen LogP contribution in [0.1, 0.15) is 5.56 Å². The summed E-state index contributed by atoms with van der Waals surface area (Å²) in [7, 11) is 0. The summed E-state index contributed by atoms with van der Waals surface area (Å²) >= 11 is 0. The molecule has 2 nitrogen and oxygen atoms in total. The normalized spacial score (nSPS) is 11.0. The second-order valence-corrected chi connectivity index (χ2v) is 4.17. The van der Waals surface area contributed by atoms with Gasteiger partial charge in [0.2, 0.25) is 0 Å². The maximum absolute atomic E-state index is 13.5. The first-order valence-corrected chi connectivity index (χ1v) is 5.75. The van der Waals surface area contributed by atoms with E-state index in [4.69, 9.17) is 10.2 Å². The minimum Gasteiger partial charge on any atom is -0.453 e. The molecule has 0 radical (unpaired) electrons. The van der Waals surface area contributed by atoms with Gasteiger partial charge in [0.1, 0.15) is 5.76 Å². The fourth-order valence-electron chi connectivity index (χ4n) is 1.97. The second kappa shape index (κ2) is 4.27. The lowest BCUT2D eigenvalue weighted by atomic mass is 10.1. The van der Waals surface area contributed by atoms with E-state index in [1.807, 2.05) is 36.4 Å². The quantitative estimate of drug-likeness (QED) is 0.743. The van der Waals surface area contributed by atoms with E-state index >= 15 is 0 Å². The maximum Gasteiger partial charge on any atom is 0.170 e. The van der Waals surface area contributed by atoms with E-state index in [2.05, 4.69) is 0 Å². The Kier molecular flexibility index (Phi) is 2.61. The van der Waals surface area contributed by atoms with Crippen LogP contribution in [-0.4, -0.2) is 0 Å². The number of hydrogen-bond acceptors (Lipinski definition) is 2. The summed E-state index contributed by atoms with van der Waals surface area (Å²) < 4.78 is 19.1. The predicted molar refractivity (Wildman–Crippen MR) is 69.5 cm³/mol. The molecule has 0 atom stereocenters. The molecular weight excluding hydrogens is 229 g/mol. The highest BCUT2D eigenvalue weighted by atomic mass is 19.1. The topological polar surface area (TPSA) is 39.2 Å². The van der Waals surface area contributed by atoms with E-state index in [0.29, 0.717) is 17.9 Å². The summed E-state index contributed by atoms with van der Waals surface area (Å²) in [6, 6.07) is 14.5. The zero-order valence-corrected chi connectivity index (χ0v) is 9.69. The van der Waals surface area contributed by atoms with Gasteiger partial charge in [0.15, 0.2) is 11.4 Å². The highest BCUT2D eigenvalue weighted by Crippen LogP contribution is 2.29. The number of para-hydroxylation sites is 1. The van der Waals surface area contributed by atoms with Gasteiger partial charge in [-0.3, -0.25) is 0 Å². The lowest BCUT2D eigenvalue weighted by Gasteiger charge is -1.98. The Labute approximate surface area is 104 Å². The molecule has 0 aliphatic carbocycles. The summed E-state index contributed by atoms with van der Waals surface area (Å²) in [4.78, 5) is 0. The van der Waals surface area contributed by atoms with Gasteiger partial charge in [-0.1, -0.05) is 36.4 Å². The minimum absolute atomic E-state index is 0.301. The Morgan fingerprint density at radius 2 is 1.83 bits per heavy atom. The molecule has 3 heteroatoms. The van der Waals surface area contributed by atoms with E-state index in [0.717, 1.165) is 16.5 Å². The van der Waals surface area contributed by atoms with Gasteiger partial charge in [-0.15, -0.1) is 0 Å². The van der Waals surface area contributed by atoms with Crippen LogP contribution in [0.3, 0.4) is 0 Å². The lowest BCUT2D eigenvalue weighted by Crippen LogP contribution is -1.94. The summed E-state index contributed by atoms with van der Waals surface area (Å²) in [5.41, 5.74) is 7.82. The molecule has 0 amide bonds. The van der Waals surface area contributed by atoms with Crippen LogP contribution in [0, 0.1) is 5.82 Å². The first-order valence-electron chi connectivity index (χ1n) is 5.75. The standard InChI is InChI=1S/C15H12FNO/c16-13-3-1-2-12-8-14(18-15(12)13)11-6-4-10(9-17)5-7-11/h1-8H,9,17H2. The number of furan rings is 1. The Morgan fingerprint density at radius 3 is 2.50 bits per heavy atom. The first-order chi connectivity index (χ1) is 8.78. The Balaban J connectivity index is 2.10. The van der Waals surface area contributed by atoms with E-state index < -0.39 is 0 Å². The zero-order chi connectivity index (χ0) is 12.5. The molecule has 0 aliphatic heterocycles. The number of nitrogens with two attached hydrogens (primary N) is 1. The van der Waals surface area contributed by atoms with Crippen molar-refractivity contribution < 1.29 is 8.81 Å². The molecule has 90 valence electrons. The zero-order valence-electron chi connectivity index (χ0n) is 9.69. The molecule has 0 spiro atoms. The highest BCUT2D eigenvalue weighted by molar-refractivity contribution is 5.83. The van der Waals surface area contributed by atoms with Crippen LogP contribution in [-0.2, 0) is 6.54 Å². The average Bonchev–Trinajstić information content (AvgIpc) is 2.84. The van der Waals surface area contributed by atoms with E-state index in [-0.39, 0.29) is 5.82 Å². The second-order valence-electron chi connectivity index (χ2n) is 4.17. The number of rotatable bonds is 2. The smallest absolute Gasteiger partial charge is 0.170 e. The molecule has 2 aromatic carbocycles. The molecule has 0 aliphatic rings. The van der Waals surface area contributed by atoms with E-state index in [9.17, 15) is 4.39 Å². The minimum atomic E-state index is -0.336. The van der Waals surface area contributed by atoms with Crippen LogP contribution in [0.2, 0.25) is 0 Å². The van der Waals surface area contributed by atoms with Gasteiger partial charge in [-0.2, -0.15) is 0 Å². The molecule has 0 unspecified atom stereocenters. The monoisotopic (exact) mass is 241 g/mol. The van der Waals surface area contributed by atoms with Crippen LogP contribution >= 0.6 is 0 Å². The van der Waals surface area contributed by atoms with Gasteiger partial charge in [0, 0.05) is 17.5 Å². The van der Waals surface area contributed by atoms with Gasteiger partial charge in [-0.05, 0) is 17.7 Å². The molecule has 3 aromatic rings. The van der Waals surface area contributed by atoms with Crippen LogP contribution in [0.15, 0.2) is 52.9 Å². The van der Waals surface area contributed by atoms with Gasteiger partial charge in [-0.25, -0.2) is 4.39 Å². The van der Waals surface area contributed by atoms with Crippen molar-refractivity contribution in [3.63, 3.8) is 0 Å². The van der Waals surface area contributed by atoms with Crippen LogP contribution in [0.25, 0.3) is 22.3 Å². The number of benzene rings is 2. The molecule has 0 saturated heterocycles. The van der Waals surface area contributed by atoms with Gasteiger partial charge >= 0.3 is 0 Å². The number of halogens is 1. The average molecular weight is 241 g/mol. The van der Waals surface area contributed by atoms with Crippen molar-refractivity contribution in [1.82, 2.24) is 0 Å². The lowest BCUT2D eigenvalue weighted by molar-refractivity contribution is 0.569. The fourth-order valence-corrected chi connectivity index (χ4v) is 1.97. The third kappa shape index (κ3) is 1.79. The fraction of sp³-hybridized carbons (Fsp3) is 0.0667. The predicted octanol–water partition coefficient (Wildman–Crippen LogP) is 3.70. The largest absolute Gasteiger partial charge is 0.453 e. The Hall–Kier alpha value is -2.13. The molecule has 3 rings (SSSR count). The van der Waals surface area contributed by atoms with Crippen molar-refractivity contribution in [1.29, 1.82) is 0 Å². The summed E-state index contributed by atoms with van der Waals surface area (Å²) in [5, 5.41) is 0.771. The summed E-state index contributed by atoms with van der Waals surface area (Å²) in [6.45, 7) is 0.509. The Bertz CT molecular complexity index is 685. The molecule has 0 fully saturated rings. The van der Waals surface area contributed by atoms with E-state index in [1.165, 1.54) is 6.07 Å². The van der Waals surface area contributed by atoms with Gasteiger partial charge < -0.3 is 10.2 Å².